The molecule has 0 aliphatic heterocycles. The maximum Gasteiger partial charge on any atom is 0.272 e. The molecule has 0 aromatic heterocycles. The van der Waals surface area contributed by atoms with Crippen LogP contribution in [0.25, 0.3) is 0 Å². The minimum atomic E-state index is -2.61. The predicted molar refractivity (Wildman–Crippen MR) is 45.8 cm³/mol. The first kappa shape index (κ1) is 10.5. The highest BCUT2D eigenvalue weighted by Gasteiger charge is 2.09. The molecule has 1 nitrogen and oxygen atoms in total. The van der Waals surface area contributed by atoms with Gasteiger partial charge in [-0.3, -0.25) is 0 Å². The van der Waals surface area contributed by atoms with Gasteiger partial charge in [0, 0.05) is 0 Å². The SMILES string of the molecule is C#Cc1c(F)cccc1OCC(F)F. The zero-order chi connectivity index (χ0) is 10.6. The maximum absolute atomic E-state index is 13.0. The van der Waals surface area contributed by atoms with E-state index in [-0.39, 0.29) is 11.3 Å². The quantitative estimate of drug-likeness (QED) is 0.681. The minimum absolute atomic E-state index is 0.0344. The molecule has 0 amide bonds. The van der Waals surface area contributed by atoms with Crippen LogP contribution in [0.15, 0.2) is 18.2 Å². The molecule has 0 heterocycles. The fraction of sp³-hybridized carbons (Fsp3) is 0.200. The Morgan fingerprint density at radius 1 is 1.43 bits per heavy atom. The lowest BCUT2D eigenvalue weighted by Crippen LogP contribution is -2.08. The molecular weight excluding hydrogens is 193 g/mol. The van der Waals surface area contributed by atoms with E-state index in [1.54, 1.807) is 0 Å². The Morgan fingerprint density at radius 2 is 2.14 bits per heavy atom. The normalized spacial score (nSPS) is 9.93. The van der Waals surface area contributed by atoms with Crippen LogP contribution in [0.2, 0.25) is 0 Å². The Balaban J connectivity index is 2.87. The lowest BCUT2D eigenvalue weighted by Gasteiger charge is -2.07. The first-order chi connectivity index (χ1) is 6.65. The Bertz CT molecular complexity index is 355. The molecule has 0 atom stereocenters. The van der Waals surface area contributed by atoms with Crippen molar-refractivity contribution in [2.75, 3.05) is 6.61 Å². The number of terminal acetylenes is 1. The molecule has 0 saturated carbocycles. The van der Waals surface area contributed by atoms with E-state index in [0.717, 1.165) is 6.07 Å². The maximum atomic E-state index is 13.0. The number of benzene rings is 1. The highest BCUT2D eigenvalue weighted by atomic mass is 19.3. The minimum Gasteiger partial charge on any atom is -0.486 e. The molecule has 1 aromatic carbocycles. The predicted octanol–water partition coefficient (Wildman–Crippen LogP) is 2.45. The van der Waals surface area contributed by atoms with Crippen LogP contribution in [0, 0.1) is 18.2 Å². The third-order valence-corrected chi connectivity index (χ3v) is 1.48. The van der Waals surface area contributed by atoms with E-state index in [2.05, 4.69) is 4.74 Å². The van der Waals surface area contributed by atoms with Crippen molar-refractivity contribution in [3.63, 3.8) is 0 Å². The van der Waals surface area contributed by atoms with Gasteiger partial charge in [0.15, 0.2) is 0 Å². The van der Waals surface area contributed by atoms with E-state index in [4.69, 9.17) is 6.42 Å². The van der Waals surface area contributed by atoms with Crippen molar-refractivity contribution in [3.8, 4) is 18.1 Å². The van der Waals surface area contributed by atoms with Crippen LogP contribution >= 0.6 is 0 Å². The third kappa shape index (κ3) is 2.43. The summed E-state index contributed by atoms with van der Waals surface area (Å²) in [6.07, 6.45) is 2.39. The van der Waals surface area contributed by atoms with Crippen molar-refractivity contribution in [2.24, 2.45) is 0 Å². The van der Waals surface area contributed by atoms with Gasteiger partial charge in [-0.2, -0.15) is 0 Å². The zero-order valence-electron chi connectivity index (χ0n) is 7.14. The Kier molecular flexibility index (Phi) is 3.41. The van der Waals surface area contributed by atoms with Gasteiger partial charge in [-0.1, -0.05) is 12.0 Å². The fourth-order valence-corrected chi connectivity index (χ4v) is 0.917. The average Bonchev–Trinajstić information content (AvgIpc) is 2.14. The van der Waals surface area contributed by atoms with E-state index in [1.807, 2.05) is 5.92 Å². The fourth-order valence-electron chi connectivity index (χ4n) is 0.917. The Hall–Kier alpha value is -1.63. The van der Waals surface area contributed by atoms with Crippen LogP contribution in [-0.4, -0.2) is 13.0 Å². The molecule has 0 radical (unpaired) electrons. The second kappa shape index (κ2) is 4.56. The van der Waals surface area contributed by atoms with Crippen molar-refractivity contribution in [1.82, 2.24) is 0 Å². The van der Waals surface area contributed by atoms with Gasteiger partial charge in [0.25, 0.3) is 6.43 Å². The molecule has 1 aromatic rings. The van der Waals surface area contributed by atoms with Gasteiger partial charge >= 0.3 is 0 Å². The molecule has 0 unspecified atom stereocenters. The molecule has 0 N–H and O–H groups in total. The second-order valence-electron chi connectivity index (χ2n) is 2.46. The van der Waals surface area contributed by atoms with Crippen LogP contribution < -0.4 is 4.74 Å². The summed E-state index contributed by atoms with van der Waals surface area (Å²) in [5.41, 5.74) is -0.131. The van der Waals surface area contributed by atoms with Gasteiger partial charge in [0.2, 0.25) is 0 Å². The van der Waals surface area contributed by atoms with Crippen molar-refractivity contribution < 1.29 is 17.9 Å². The van der Waals surface area contributed by atoms with Crippen LogP contribution in [0.1, 0.15) is 5.56 Å². The number of rotatable bonds is 3. The number of alkyl halides is 2. The molecule has 0 aliphatic carbocycles. The highest BCUT2D eigenvalue weighted by molar-refractivity contribution is 5.45. The van der Waals surface area contributed by atoms with Gasteiger partial charge in [-0.05, 0) is 12.1 Å². The smallest absolute Gasteiger partial charge is 0.272 e. The molecule has 14 heavy (non-hydrogen) atoms. The lowest BCUT2D eigenvalue weighted by atomic mass is 10.2. The first-order valence-electron chi connectivity index (χ1n) is 3.81. The first-order valence-corrected chi connectivity index (χ1v) is 3.81. The van der Waals surface area contributed by atoms with Gasteiger partial charge in [0.1, 0.15) is 23.7 Å². The average molecular weight is 200 g/mol. The number of hydrogen-bond donors (Lipinski definition) is 0. The van der Waals surface area contributed by atoms with Gasteiger partial charge < -0.3 is 4.74 Å². The summed E-state index contributed by atoms with van der Waals surface area (Å²) in [5.74, 6) is 1.35. The van der Waals surface area contributed by atoms with Crippen LogP contribution in [0.5, 0.6) is 5.75 Å². The molecule has 0 bridgehead atoms. The van der Waals surface area contributed by atoms with E-state index in [0.29, 0.717) is 0 Å². The van der Waals surface area contributed by atoms with Gasteiger partial charge in [-0.25, -0.2) is 13.2 Å². The third-order valence-electron chi connectivity index (χ3n) is 1.48. The number of hydrogen-bond acceptors (Lipinski definition) is 1. The van der Waals surface area contributed by atoms with Crippen molar-refractivity contribution in [2.45, 2.75) is 6.43 Å². The Labute approximate surface area is 79.5 Å². The van der Waals surface area contributed by atoms with E-state index >= 15 is 0 Å². The van der Waals surface area contributed by atoms with E-state index in [1.165, 1.54) is 12.1 Å². The summed E-state index contributed by atoms with van der Waals surface area (Å²) in [4.78, 5) is 0. The van der Waals surface area contributed by atoms with Crippen LogP contribution in [0.3, 0.4) is 0 Å². The van der Waals surface area contributed by atoms with E-state index < -0.39 is 18.8 Å². The van der Waals surface area contributed by atoms with Crippen molar-refractivity contribution >= 4 is 0 Å². The van der Waals surface area contributed by atoms with Crippen molar-refractivity contribution in [1.29, 1.82) is 0 Å². The molecule has 4 heteroatoms. The summed E-state index contributed by atoms with van der Waals surface area (Å²) < 4.78 is 41.2. The summed E-state index contributed by atoms with van der Waals surface area (Å²) in [7, 11) is 0. The van der Waals surface area contributed by atoms with Crippen molar-refractivity contribution in [3.05, 3.63) is 29.6 Å². The monoisotopic (exact) mass is 200 g/mol. The van der Waals surface area contributed by atoms with Gasteiger partial charge in [0.05, 0.1) is 0 Å². The number of ether oxygens (including phenoxy) is 1. The summed E-state index contributed by atoms with van der Waals surface area (Å²) in [5, 5.41) is 0. The molecule has 0 fully saturated rings. The van der Waals surface area contributed by atoms with Crippen LogP contribution in [0.4, 0.5) is 13.2 Å². The summed E-state index contributed by atoms with van der Waals surface area (Å²) in [6.45, 7) is -0.794. The highest BCUT2D eigenvalue weighted by Crippen LogP contribution is 2.20. The molecule has 0 saturated heterocycles. The lowest BCUT2D eigenvalue weighted by molar-refractivity contribution is 0.0816. The molecule has 1 rings (SSSR count). The zero-order valence-corrected chi connectivity index (χ0v) is 7.14. The molecule has 0 spiro atoms. The topological polar surface area (TPSA) is 9.23 Å². The number of halogens is 3. The Morgan fingerprint density at radius 3 is 2.71 bits per heavy atom. The second-order valence-corrected chi connectivity index (χ2v) is 2.46. The summed E-state index contributed by atoms with van der Waals surface area (Å²) in [6, 6.07) is 3.84. The largest absolute Gasteiger partial charge is 0.486 e. The summed E-state index contributed by atoms with van der Waals surface area (Å²) >= 11 is 0. The van der Waals surface area contributed by atoms with Crippen LogP contribution in [-0.2, 0) is 0 Å². The van der Waals surface area contributed by atoms with Gasteiger partial charge in [-0.15, -0.1) is 6.42 Å². The molecule has 0 aliphatic rings. The standard InChI is InChI=1S/C10H7F3O/c1-2-7-8(11)4-3-5-9(7)14-6-10(12)13/h1,3-5,10H,6H2. The molecular formula is C10H7F3O. The van der Waals surface area contributed by atoms with E-state index in [9.17, 15) is 13.2 Å². The molecule has 74 valence electrons.